The van der Waals surface area contributed by atoms with Gasteiger partial charge in [-0.05, 0) is 23.3 Å². The molecule has 0 spiro atoms. The van der Waals surface area contributed by atoms with Gasteiger partial charge < -0.3 is 5.11 Å². The number of rotatable bonds is 4. The lowest BCUT2D eigenvalue weighted by Crippen LogP contribution is -2.25. The van der Waals surface area contributed by atoms with Gasteiger partial charge in [-0.3, -0.25) is 9.36 Å². The normalized spacial score (nSPS) is 10.8. The molecule has 6 heteroatoms. The van der Waals surface area contributed by atoms with Crippen LogP contribution in [0.2, 0.25) is 5.02 Å². The quantitative estimate of drug-likeness (QED) is 0.714. The summed E-state index contributed by atoms with van der Waals surface area (Å²) in [5.41, 5.74) is 1.49. The summed E-state index contributed by atoms with van der Waals surface area (Å²) in [6, 6.07) is 16.2. The van der Waals surface area contributed by atoms with Gasteiger partial charge in [0.05, 0.1) is 12.6 Å². The molecule has 1 heterocycles. The van der Waals surface area contributed by atoms with Crippen LogP contribution < -0.4 is 5.56 Å². The van der Waals surface area contributed by atoms with E-state index in [1.807, 2.05) is 42.5 Å². The summed E-state index contributed by atoms with van der Waals surface area (Å²) >= 11 is 9.70. The Morgan fingerprint density at radius 3 is 2.46 bits per heavy atom. The molecular weight excluding hydrogens is 392 g/mol. The van der Waals surface area contributed by atoms with Gasteiger partial charge in [-0.25, -0.2) is 0 Å². The second-order valence-corrected chi connectivity index (χ2v) is 6.58. The number of aromatic hydroxyl groups is 1. The molecule has 122 valence electrons. The third-order valence-electron chi connectivity index (χ3n) is 3.67. The molecule has 0 atom stereocenters. The highest BCUT2D eigenvalue weighted by atomic mass is 79.9. The van der Waals surface area contributed by atoms with Gasteiger partial charge in [0.2, 0.25) is 5.88 Å². The van der Waals surface area contributed by atoms with Crippen LogP contribution in [0.4, 0.5) is 0 Å². The lowest BCUT2D eigenvalue weighted by molar-refractivity contribution is 0.442. The van der Waals surface area contributed by atoms with E-state index in [1.165, 1.54) is 0 Å². The Hall–Kier alpha value is -2.11. The van der Waals surface area contributed by atoms with Crippen molar-refractivity contribution >= 4 is 27.5 Å². The molecule has 3 rings (SSSR count). The SMILES string of the molecule is O=c1cc(O)nc(Cc2ccccc2Cl)n1Cc1ccccc1Br. The van der Waals surface area contributed by atoms with Crippen LogP contribution in [-0.2, 0) is 13.0 Å². The minimum absolute atomic E-state index is 0.287. The number of aromatic nitrogens is 2. The second-order valence-electron chi connectivity index (χ2n) is 5.31. The number of hydrogen-bond acceptors (Lipinski definition) is 3. The van der Waals surface area contributed by atoms with E-state index in [0.717, 1.165) is 21.7 Å². The van der Waals surface area contributed by atoms with Crippen LogP contribution in [0, 0.1) is 0 Å². The van der Waals surface area contributed by atoms with E-state index in [9.17, 15) is 9.90 Å². The van der Waals surface area contributed by atoms with Gasteiger partial charge in [0, 0.05) is 15.9 Å². The van der Waals surface area contributed by atoms with E-state index in [0.29, 0.717) is 23.8 Å². The van der Waals surface area contributed by atoms with Crippen molar-refractivity contribution in [2.24, 2.45) is 0 Å². The molecule has 1 N–H and O–H groups in total. The monoisotopic (exact) mass is 404 g/mol. The van der Waals surface area contributed by atoms with E-state index >= 15 is 0 Å². The summed E-state index contributed by atoms with van der Waals surface area (Å²) < 4.78 is 2.46. The van der Waals surface area contributed by atoms with Crippen LogP contribution in [0.3, 0.4) is 0 Å². The summed E-state index contributed by atoms with van der Waals surface area (Å²) in [4.78, 5) is 16.5. The minimum Gasteiger partial charge on any atom is -0.493 e. The molecule has 4 nitrogen and oxygen atoms in total. The molecule has 2 aromatic carbocycles. The van der Waals surface area contributed by atoms with Gasteiger partial charge in [-0.1, -0.05) is 63.9 Å². The standard InChI is InChI=1S/C18H14BrClN2O2/c19-14-7-3-1-6-13(14)11-22-16(21-17(23)10-18(22)24)9-12-5-2-4-8-15(12)20/h1-8,10,23H,9,11H2. The Bertz CT molecular complexity index is 940. The van der Waals surface area contributed by atoms with Gasteiger partial charge in [-0.15, -0.1) is 0 Å². The number of halogens is 2. The first kappa shape index (κ1) is 16.7. The van der Waals surface area contributed by atoms with Crippen LogP contribution >= 0.6 is 27.5 Å². The summed E-state index contributed by atoms with van der Waals surface area (Å²) in [6.45, 7) is 0.354. The highest BCUT2D eigenvalue weighted by Crippen LogP contribution is 2.21. The third-order valence-corrected chi connectivity index (χ3v) is 4.81. The first-order chi connectivity index (χ1) is 11.5. The molecule has 0 saturated carbocycles. The molecule has 0 fully saturated rings. The fourth-order valence-electron chi connectivity index (χ4n) is 2.45. The summed E-state index contributed by atoms with van der Waals surface area (Å²) in [5.74, 6) is 0.175. The van der Waals surface area contributed by atoms with E-state index in [-0.39, 0.29) is 11.4 Å². The zero-order valence-electron chi connectivity index (χ0n) is 12.6. The Balaban J connectivity index is 2.04. The molecule has 0 aliphatic carbocycles. The molecule has 0 aliphatic heterocycles. The summed E-state index contributed by atoms with van der Waals surface area (Å²) in [6.07, 6.45) is 0.355. The molecule has 0 amide bonds. The minimum atomic E-state index is -0.305. The van der Waals surface area contributed by atoms with E-state index in [1.54, 1.807) is 10.6 Å². The van der Waals surface area contributed by atoms with Gasteiger partial charge in [0.25, 0.3) is 5.56 Å². The largest absolute Gasteiger partial charge is 0.493 e. The Kier molecular flexibility index (Phi) is 5.02. The Morgan fingerprint density at radius 2 is 1.75 bits per heavy atom. The molecule has 3 aromatic rings. The maximum absolute atomic E-state index is 12.4. The first-order valence-corrected chi connectivity index (χ1v) is 8.48. The van der Waals surface area contributed by atoms with Crippen LogP contribution in [0.5, 0.6) is 5.88 Å². The van der Waals surface area contributed by atoms with Crippen LogP contribution in [0.15, 0.2) is 63.9 Å². The Labute approximate surface area is 152 Å². The highest BCUT2D eigenvalue weighted by molar-refractivity contribution is 9.10. The lowest BCUT2D eigenvalue weighted by atomic mass is 10.1. The molecule has 24 heavy (non-hydrogen) atoms. The predicted molar refractivity (Wildman–Crippen MR) is 97.7 cm³/mol. The molecule has 1 aromatic heterocycles. The average Bonchev–Trinajstić information content (AvgIpc) is 2.54. The van der Waals surface area contributed by atoms with E-state index < -0.39 is 0 Å². The molecule has 0 saturated heterocycles. The van der Waals surface area contributed by atoms with Gasteiger partial charge in [-0.2, -0.15) is 4.98 Å². The molecule has 0 bridgehead atoms. The topological polar surface area (TPSA) is 55.1 Å². The van der Waals surface area contributed by atoms with Crippen molar-refractivity contribution in [3.05, 3.63) is 91.4 Å². The highest BCUT2D eigenvalue weighted by Gasteiger charge is 2.12. The van der Waals surface area contributed by atoms with Gasteiger partial charge >= 0.3 is 0 Å². The fraction of sp³-hybridized carbons (Fsp3) is 0.111. The van der Waals surface area contributed by atoms with Crippen molar-refractivity contribution in [3.8, 4) is 5.88 Å². The Morgan fingerprint density at radius 1 is 1.08 bits per heavy atom. The maximum Gasteiger partial charge on any atom is 0.257 e. The van der Waals surface area contributed by atoms with Crippen molar-refractivity contribution < 1.29 is 5.11 Å². The molecule has 0 unspecified atom stereocenters. The van der Waals surface area contributed by atoms with E-state index in [2.05, 4.69) is 20.9 Å². The predicted octanol–water partition coefficient (Wildman–Crippen LogP) is 4.00. The first-order valence-electron chi connectivity index (χ1n) is 7.31. The van der Waals surface area contributed by atoms with Crippen molar-refractivity contribution in [2.45, 2.75) is 13.0 Å². The smallest absolute Gasteiger partial charge is 0.257 e. The van der Waals surface area contributed by atoms with Crippen LogP contribution in [0.1, 0.15) is 17.0 Å². The zero-order chi connectivity index (χ0) is 17.1. The molecule has 0 radical (unpaired) electrons. The van der Waals surface area contributed by atoms with Crippen molar-refractivity contribution in [3.63, 3.8) is 0 Å². The van der Waals surface area contributed by atoms with Crippen molar-refractivity contribution in [1.29, 1.82) is 0 Å². The summed E-state index contributed by atoms with van der Waals surface area (Å²) in [5, 5.41) is 10.3. The van der Waals surface area contributed by atoms with Crippen LogP contribution in [-0.4, -0.2) is 14.7 Å². The summed E-state index contributed by atoms with van der Waals surface area (Å²) in [7, 11) is 0. The maximum atomic E-state index is 12.4. The van der Waals surface area contributed by atoms with E-state index in [4.69, 9.17) is 11.6 Å². The van der Waals surface area contributed by atoms with Crippen molar-refractivity contribution in [1.82, 2.24) is 9.55 Å². The average molecular weight is 406 g/mol. The third kappa shape index (κ3) is 3.68. The lowest BCUT2D eigenvalue weighted by Gasteiger charge is -2.14. The number of hydrogen-bond donors (Lipinski definition) is 1. The number of nitrogens with zero attached hydrogens (tertiary/aromatic N) is 2. The van der Waals surface area contributed by atoms with Gasteiger partial charge in [0.15, 0.2) is 0 Å². The van der Waals surface area contributed by atoms with Crippen LogP contribution in [0.25, 0.3) is 0 Å². The fourth-order valence-corrected chi connectivity index (χ4v) is 3.07. The molecule has 0 aliphatic rings. The van der Waals surface area contributed by atoms with Gasteiger partial charge in [0.1, 0.15) is 5.82 Å². The molecular formula is C18H14BrClN2O2. The second kappa shape index (κ2) is 7.20. The number of benzene rings is 2. The zero-order valence-corrected chi connectivity index (χ0v) is 15.0. The van der Waals surface area contributed by atoms with Crippen molar-refractivity contribution in [2.75, 3.05) is 0 Å².